The fourth-order valence-electron chi connectivity index (χ4n) is 1.92. The van der Waals surface area contributed by atoms with Crippen molar-refractivity contribution in [2.75, 3.05) is 26.3 Å². The number of hydrogen-bond acceptors (Lipinski definition) is 3. The quantitative estimate of drug-likeness (QED) is 0.871. The molecule has 1 amide bonds. The van der Waals surface area contributed by atoms with Crippen LogP contribution in [0.5, 0.6) is 0 Å². The number of carbonyl (C=O) groups excluding carboxylic acids is 1. The van der Waals surface area contributed by atoms with E-state index in [1.165, 1.54) is 0 Å². The van der Waals surface area contributed by atoms with E-state index in [4.69, 9.17) is 16.3 Å². The Bertz CT molecular complexity index is 431. The first-order valence-electron chi connectivity index (χ1n) is 6.03. The van der Waals surface area contributed by atoms with Crippen molar-refractivity contribution in [2.45, 2.75) is 13.0 Å². The van der Waals surface area contributed by atoms with Crippen LogP contribution in [0.1, 0.15) is 15.9 Å². The van der Waals surface area contributed by atoms with Gasteiger partial charge < -0.3 is 15.4 Å². The maximum Gasteiger partial charge on any atom is 0.251 e. The van der Waals surface area contributed by atoms with Crippen LogP contribution in [-0.4, -0.2) is 38.3 Å². The molecule has 1 unspecified atom stereocenters. The zero-order valence-corrected chi connectivity index (χ0v) is 11.1. The average Bonchev–Trinajstić information content (AvgIpc) is 2.40. The van der Waals surface area contributed by atoms with Gasteiger partial charge in [0.2, 0.25) is 0 Å². The molecule has 1 saturated heterocycles. The first-order valence-corrected chi connectivity index (χ1v) is 6.40. The third-order valence-electron chi connectivity index (χ3n) is 3.02. The topological polar surface area (TPSA) is 50.4 Å². The lowest BCUT2D eigenvalue weighted by Crippen LogP contribution is -2.48. The molecule has 1 heterocycles. The van der Waals surface area contributed by atoms with Crippen molar-refractivity contribution in [3.63, 3.8) is 0 Å². The van der Waals surface area contributed by atoms with E-state index < -0.39 is 0 Å². The number of ether oxygens (including phenoxy) is 1. The summed E-state index contributed by atoms with van der Waals surface area (Å²) in [5.74, 6) is -0.0950. The lowest BCUT2D eigenvalue weighted by atomic mass is 10.1. The van der Waals surface area contributed by atoms with Crippen molar-refractivity contribution >= 4 is 17.5 Å². The summed E-state index contributed by atoms with van der Waals surface area (Å²) in [5, 5.41) is 6.80. The molecule has 98 valence electrons. The summed E-state index contributed by atoms with van der Waals surface area (Å²) >= 11 is 5.99. The fraction of sp³-hybridized carbons (Fsp3) is 0.462. The standard InChI is InChI=1S/C13H17ClN2O2/c1-9-11(3-2-4-12(9)14)13(17)16-7-10-8-18-6-5-15-10/h2-4,10,15H,5-8H2,1H3,(H,16,17). The molecule has 0 saturated carbocycles. The molecule has 1 aliphatic rings. The van der Waals surface area contributed by atoms with Gasteiger partial charge in [-0.1, -0.05) is 17.7 Å². The van der Waals surface area contributed by atoms with E-state index >= 15 is 0 Å². The number of amides is 1. The van der Waals surface area contributed by atoms with Gasteiger partial charge in [-0.3, -0.25) is 4.79 Å². The summed E-state index contributed by atoms with van der Waals surface area (Å²) in [6, 6.07) is 5.53. The van der Waals surface area contributed by atoms with Gasteiger partial charge >= 0.3 is 0 Å². The molecule has 1 aliphatic heterocycles. The van der Waals surface area contributed by atoms with E-state index in [1.54, 1.807) is 18.2 Å². The van der Waals surface area contributed by atoms with Crippen molar-refractivity contribution in [1.29, 1.82) is 0 Å². The van der Waals surface area contributed by atoms with Gasteiger partial charge in [-0.05, 0) is 24.6 Å². The van der Waals surface area contributed by atoms with Crippen molar-refractivity contribution in [2.24, 2.45) is 0 Å². The Balaban J connectivity index is 1.93. The average molecular weight is 269 g/mol. The van der Waals surface area contributed by atoms with Crippen LogP contribution >= 0.6 is 11.6 Å². The Morgan fingerprint density at radius 3 is 3.17 bits per heavy atom. The maximum atomic E-state index is 12.0. The zero-order valence-electron chi connectivity index (χ0n) is 10.3. The molecule has 1 atom stereocenters. The molecular weight excluding hydrogens is 252 g/mol. The summed E-state index contributed by atoms with van der Waals surface area (Å²) < 4.78 is 5.33. The lowest BCUT2D eigenvalue weighted by Gasteiger charge is -2.24. The minimum absolute atomic E-state index is 0.0950. The Kier molecular flexibility index (Phi) is 4.58. The van der Waals surface area contributed by atoms with Crippen molar-refractivity contribution in [3.8, 4) is 0 Å². The second-order valence-electron chi connectivity index (χ2n) is 4.35. The van der Waals surface area contributed by atoms with E-state index in [0.717, 1.165) is 18.7 Å². The van der Waals surface area contributed by atoms with Gasteiger partial charge in [0.05, 0.1) is 13.2 Å². The number of carbonyl (C=O) groups is 1. The predicted molar refractivity (Wildman–Crippen MR) is 71.1 cm³/mol. The summed E-state index contributed by atoms with van der Waals surface area (Å²) in [5.41, 5.74) is 1.43. The molecule has 2 N–H and O–H groups in total. The Labute approximate surface area is 112 Å². The van der Waals surface area contributed by atoms with E-state index in [-0.39, 0.29) is 11.9 Å². The highest BCUT2D eigenvalue weighted by Gasteiger charge is 2.15. The van der Waals surface area contributed by atoms with Crippen LogP contribution in [0.4, 0.5) is 0 Å². The van der Waals surface area contributed by atoms with E-state index in [0.29, 0.717) is 23.7 Å². The van der Waals surface area contributed by atoms with Crippen LogP contribution in [0.15, 0.2) is 18.2 Å². The van der Waals surface area contributed by atoms with Crippen LogP contribution < -0.4 is 10.6 Å². The molecule has 1 fully saturated rings. The highest BCUT2D eigenvalue weighted by molar-refractivity contribution is 6.31. The highest BCUT2D eigenvalue weighted by atomic mass is 35.5. The number of benzene rings is 1. The number of rotatable bonds is 3. The molecule has 5 heteroatoms. The predicted octanol–water partition coefficient (Wildman–Crippen LogP) is 1.37. The molecule has 18 heavy (non-hydrogen) atoms. The SMILES string of the molecule is Cc1c(Cl)cccc1C(=O)NCC1COCCN1. The number of nitrogens with one attached hydrogen (secondary N) is 2. The summed E-state index contributed by atoms with van der Waals surface area (Å²) in [6.07, 6.45) is 0. The van der Waals surface area contributed by atoms with Gasteiger partial charge in [-0.25, -0.2) is 0 Å². The zero-order chi connectivity index (χ0) is 13.0. The van der Waals surface area contributed by atoms with E-state index in [9.17, 15) is 4.79 Å². The van der Waals surface area contributed by atoms with Crippen LogP contribution in [-0.2, 0) is 4.74 Å². The molecule has 4 nitrogen and oxygen atoms in total. The smallest absolute Gasteiger partial charge is 0.251 e. The molecular formula is C13H17ClN2O2. The third-order valence-corrected chi connectivity index (χ3v) is 3.43. The molecule has 0 aliphatic carbocycles. The van der Waals surface area contributed by atoms with E-state index in [2.05, 4.69) is 10.6 Å². The Morgan fingerprint density at radius 1 is 1.61 bits per heavy atom. The normalized spacial score (nSPS) is 19.6. The monoisotopic (exact) mass is 268 g/mol. The Hall–Kier alpha value is -1.10. The van der Waals surface area contributed by atoms with Crippen molar-refractivity contribution < 1.29 is 9.53 Å². The molecule has 0 bridgehead atoms. The highest BCUT2D eigenvalue weighted by Crippen LogP contribution is 2.18. The van der Waals surface area contributed by atoms with Crippen LogP contribution in [0.25, 0.3) is 0 Å². The van der Waals surface area contributed by atoms with Gasteiger partial charge in [0.15, 0.2) is 0 Å². The summed E-state index contributed by atoms with van der Waals surface area (Å²) in [6.45, 7) is 4.60. The minimum Gasteiger partial charge on any atom is -0.378 e. The number of hydrogen-bond donors (Lipinski definition) is 2. The van der Waals surface area contributed by atoms with Crippen LogP contribution in [0.3, 0.4) is 0 Å². The lowest BCUT2D eigenvalue weighted by molar-refractivity contribution is 0.0734. The molecule has 1 aromatic rings. The van der Waals surface area contributed by atoms with Crippen molar-refractivity contribution in [1.82, 2.24) is 10.6 Å². The first kappa shape index (κ1) is 13.3. The number of morpholine rings is 1. The second kappa shape index (κ2) is 6.18. The Morgan fingerprint density at radius 2 is 2.44 bits per heavy atom. The van der Waals surface area contributed by atoms with Gasteiger partial charge in [-0.2, -0.15) is 0 Å². The number of halogens is 1. The van der Waals surface area contributed by atoms with Gasteiger partial charge in [0.1, 0.15) is 0 Å². The molecule has 1 aromatic carbocycles. The van der Waals surface area contributed by atoms with Gasteiger partial charge in [0.25, 0.3) is 5.91 Å². The summed E-state index contributed by atoms with van der Waals surface area (Å²) in [7, 11) is 0. The largest absolute Gasteiger partial charge is 0.378 e. The molecule has 2 rings (SSSR count). The van der Waals surface area contributed by atoms with E-state index in [1.807, 2.05) is 6.92 Å². The summed E-state index contributed by atoms with van der Waals surface area (Å²) in [4.78, 5) is 12.0. The van der Waals surface area contributed by atoms with Gasteiger partial charge in [-0.15, -0.1) is 0 Å². The molecule has 0 aromatic heterocycles. The minimum atomic E-state index is -0.0950. The fourth-order valence-corrected chi connectivity index (χ4v) is 2.09. The molecule has 0 radical (unpaired) electrons. The molecule has 0 spiro atoms. The third kappa shape index (κ3) is 3.22. The van der Waals surface area contributed by atoms with Crippen LogP contribution in [0, 0.1) is 6.92 Å². The first-order chi connectivity index (χ1) is 8.68. The van der Waals surface area contributed by atoms with Crippen LogP contribution in [0.2, 0.25) is 5.02 Å². The van der Waals surface area contributed by atoms with Crippen molar-refractivity contribution in [3.05, 3.63) is 34.3 Å². The second-order valence-corrected chi connectivity index (χ2v) is 4.76. The van der Waals surface area contributed by atoms with Gasteiger partial charge in [0, 0.05) is 29.7 Å². The maximum absolute atomic E-state index is 12.0.